The summed E-state index contributed by atoms with van der Waals surface area (Å²) in [5.41, 5.74) is 0.647. The van der Waals surface area contributed by atoms with Gasteiger partial charge in [-0.3, -0.25) is 9.78 Å². The molecule has 1 fully saturated rings. The quantitative estimate of drug-likeness (QED) is 0.917. The van der Waals surface area contributed by atoms with Gasteiger partial charge in [0.25, 0.3) is 5.91 Å². The number of hydrogen-bond acceptors (Lipinski definition) is 3. The SMILES string of the molecule is CCC1(CC)CCN(C(=O)c2ccc(C(=O)O)cn2)C1. The fourth-order valence-electron chi connectivity index (χ4n) is 2.74. The first-order chi connectivity index (χ1) is 9.51. The Labute approximate surface area is 118 Å². The van der Waals surface area contributed by atoms with Gasteiger partial charge in [-0.2, -0.15) is 0 Å². The molecule has 1 aromatic rings. The molecule has 0 unspecified atom stereocenters. The number of likely N-dealkylation sites (tertiary alicyclic amines) is 1. The van der Waals surface area contributed by atoms with E-state index in [2.05, 4.69) is 18.8 Å². The van der Waals surface area contributed by atoms with E-state index in [0.29, 0.717) is 5.69 Å². The zero-order valence-corrected chi connectivity index (χ0v) is 11.9. The number of hydrogen-bond donors (Lipinski definition) is 1. The normalized spacial score (nSPS) is 17.2. The number of carboxylic acid groups (broad SMARTS) is 1. The van der Waals surface area contributed by atoms with Gasteiger partial charge in [-0.25, -0.2) is 4.79 Å². The highest BCUT2D eigenvalue weighted by Crippen LogP contribution is 2.37. The average Bonchev–Trinajstić information content (AvgIpc) is 2.92. The van der Waals surface area contributed by atoms with Crippen molar-refractivity contribution in [2.24, 2.45) is 5.41 Å². The first kappa shape index (κ1) is 14.5. The number of amides is 1. The van der Waals surface area contributed by atoms with Gasteiger partial charge in [-0.15, -0.1) is 0 Å². The first-order valence-corrected chi connectivity index (χ1v) is 7.00. The number of aromatic carboxylic acids is 1. The minimum absolute atomic E-state index is 0.0967. The maximum atomic E-state index is 12.4. The molecule has 0 radical (unpaired) electrons. The van der Waals surface area contributed by atoms with Crippen LogP contribution in [0.15, 0.2) is 18.3 Å². The van der Waals surface area contributed by atoms with Crippen LogP contribution in [0.4, 0.5) is 0 Å². The Morgan fingerprint density at radius 1 is 1.35 bits per heavy atom. The zero-order chi connectivity index (χ0) is 14.8. The predicted molar refractivity (Wildman–Crippen MR) is 74.7 cm³/mol. The Balaban J connectivity index is 2.11. The van der Waals surface area contributed by atoms with Crippen LogP contribution in [0.3, 0.4) is 0 Å². The van der Waals surface area contributed by atoms with Crippen molar-refractivity contribution in [3.63, 3.8) is 0 Å². The Kier molecular flexibility index (Phi) is 4.06. The summed E-state index contributed by atoms with van der Waals surface area (Å²) in [5.74, 6) is -1.14. The van der Waals surface area contributed by atoms with Crippen LogP contribution in [0.25, 0.3) is 0 Å². The van der Waals surface area contributed by atoms with E-state index in [9.17, 15) is 9.59 Å². The van der Waals surface area contributed by atoms with Gasteiger partial charge in [0.15, 0.2) is 0 Å². The summed E-state index contributed by atoms with van der Waals surface area (Å²) < 4.78 is 0. The van der Waals surface area contributed by atoms with Crippen LogP contribution in [0.5, 0.6) is 0 Å². The predicted octanol–water partition coefficient (Wildman–Crippen LogP) is 2.43. The molecule has 0 saturated carbocycles. The van der Waals surface area contributed by atoms with Gasteiger partial charge in [0, 0.05) is 19.3 Å². The number of nitrogens with zero attached hydrogens (tertiary/aromatic N) is 2. The van der Waals surface area contributed by atoms with Crippen LogP contribution >= 0.6 is 0 Å². The van der Waals surface area contributed by atoms with Crippen molar-refractivity contribution in [1.82, 2.24) is 9.88 Å². The van der Waals surface area contributed by atoms with E-state index in [1.54, 1.807) is 0 Å². The lowest BCUT2D eigenvalue weighted by molar-refractivity contribution is 0.0693. The topological polar surface area (TPSA) is 70.5 Å². The minimum Gasteiger partial charge on any atom is -0.478 e. The second-order valence-corrected chi connectivity index (χ2v) is 5.42. The molecular weight excluding hydrogens is 256 g/mol. The third-order valence-electron chi connectivity index (χ3n) is 4.46. The maximum Gasteiger partial charge on any atom is 0.337 e. The van der Waals surface area contributed by atoms with Crippen LogP contribution in [-0.2, 0) is 0 Å². The lowest BCUT2D eigenvalue weighted by atomic mass is 9.82. The molecule has 2 rings (SSSR count). The first-order valence-electron chi connectivity index (χ1n) is 7.00. The molecule has 5 heteroatoms. The molecule has 20 heavy (non-hydrogen) atoms. The molecule has 0 aliphatic carbocycles. The summed E-state index contributed by atoms with van der Waals surface area (Å²) in [6.45, 7) is 5.85. The van der Waals surface area contributed by atoms with E-state index in [4.69, 9.17) is 5.11 Å². The van der Waals surface area contributed by atoms with Gasteiger partial charge < -0.3 is 10.0 Å². The molecule has 1 saturated heterocycles. The number of rotatable bonds is 4. The molecule has 1 aliphatic rings. The summed E-state index contributed by atoms with van der Waals surface area (Å²) in [6.07, 6.45) is 4.40. The van der Waals surface area contributed by atoms with Gasteiger partial charge in [0.05, 0.1) is 5.56 Å². The molecule has 1 N–H and O–H groups in total. The Morgan fingerprint density at radius 3 is 2.50 bits per heavy atom. The lowest BCUT2D eigenvalue weighted by Gasteiger charge is -2.26. The van der Waals surface area contributed by atoms with Crippen LogP contribution in [0, 0.1) is 5.41 Å². The van der Waals surface area contributed by atoms with E-state index >= 15 is 0 Å². The van der Waals surface area contributed by atoms with Crippen molar-refractivity contribution in [3.05, 3.63) is 29.6 Å². The van der Waals surface area contributed by atoms with Crippen LogP contribution < -0.4 is 0 Å². The number of aromatic nitrogens is 1. The maximum absolute atomic E-state index is 12.4. The molecule has 1 aliphatic heterocycles. The number of carboxylic acids is 1. The smallest absolute Gasteiger partial charge is 0.337 e. The molecule has 2 heterocycles. The van der Waals surface area contributed by atoms with E-state index in [1.807, 2.05) is 4.90 Å². The summed E-state index contributed by atoms with van der Waals surface area (Å²) in [7, 11) is 0. The highest BCUT2D eigenvalue weighted by Gasteiger charge is 2.37. The molecular formula is C15H20N2O3. The Hall–Kier alpha value is -1.91. The molecule has 1 amide bonds. The lowest BCUT2D eigenvalue weighted by Crippen LogP contribution is -2.32. The van der Waals surface area contributed by atoms with Gasteiger partial charge in [0.1, 0.15) is 5.69 Å². The van der Waals surface area contributed by atoms with Crippen molar-refractivity contribution in [3.8, 4) is 0 Å². The van der Waals surface area contributed by atoms with Crippen LogP contribution in [-0.4, -0.2) is 40.0 Å². The molecule has 0 bridgehead atoms. The van der Waals surface area contributed by atoms with Gasteiger partial charge >= 0.3 is 5.97 Å². The van der Waals surface area contributed by atoms with Crippen molar-refractivity contribution in [2.45, 2.75) is 33.1 Å². The van der Waals surface area contributed by atoms with Crippen LogP contribution in [0.1, 0.15) is 54.0 Å². The summed E-state index contributed by atoms with van der Waals surface area (Å²) in [5, 5.41) is 8.82. The van der Waals surface area contributed by atoms with Crippen molar-refractivity contribution < 1.29 is 14.7 Å². The molecule has 108 valence electrons. The molecule has 5 nitrogen and oxygen atoms in total. The highest BCUT2D eigenvalue weighted by atomic mass is 16.4. The molecule has 1 aromatic heterocycles. The molecule has 0 atom stereocenters. The zero-order valence-electron chi connectivity index (χ0n) is 11.9. The summed E-state index contributed by atoms with van der Waals surface area (Å²) in [6, 6.07) is 2.91. The van der Waals surface area contributed by atoms with Gasteiger partial charge in [-0.05, 0) is 36.8 Å². The van der Waals surface area contributed by atoms with Crippen LogP contribution in [0.2, 0.25) is 0 Å². The van der Waals surface area contributed by atoms with Gasteiger partial charge in [0.2, 0.25) is 0 Å². The summed E-state index contributed by atoms with van der Waals surface area (Å²) >= 11 is 0. The second kappa shape index (κ2) is 5.61. The third-order valence-corrected chi connectivity index (χ3v) is 4.46. The largest absolute Gasteiger partial charge is 0.478 e. The van der Waals surface area contributed by atoms with E-state index in [-0.39, 0.29) is 16.9 Å². The monoisotopic (exact) mass is 276 g/mol. The second-order valence-electron chi connectivity index (χ2n) is 5.42. The van der Waals surface area contributed by atoms with E-state index in [0.717, 1.165) is 32.4 Å². The van der Waals surface area contributed by atoms with Crippen molar-refractivity contribution in [2.75, 3.05) is 13.1 Å². The van der Waals surface area contributed by atoms with E-state index in [1.165, 1.54) is 18.3 Å². The fraction of sp³-hybridized carbons (Fsp3) is 0.533. The van der Waals surface area contributed by atoms with Crippen molar-refractivity contribution in [1.29, 1.82) is 0 Å². The average molecular weight is 276 g/mol. The standard InChI is InChI=1S/C15H20N2O3/c1-3-15(4-2)7-8-17(10-15)13(18)12-6-5-11(9-16-12)14(19)20/h5-6,9H,3-4,7-8,10H2,1-2H3,(H,19,20). The van der Waals surface area contributed by atoms with Crippen molar-refractivity contribution >= 4 is 11.9 Å². The number of carbonyl (C=O) groups is 2. The Morgan fingerprint density at radius 2 is 2.05 bits per heavy atom. The fourth-order valence-corrected chi connectivity index (χ4v) is 2.74. The highest BCUT2D eigenvalue weighted by molar-refractivity contribution is 5.94. The van der Waals surface area contributed by atoms with Gasteiger partial charge in [-0.1, -0.05) is 13.8 Å². The molecule has 0 spiro atoms. The minimum atomic E-state index is -1.03. The van der Waals surface area contributed by atoms with E-state index < -0.39 is 5.97 Å². The Bertz CT molecular complexity index is 506. The summed E-state index contributed by atoms with van der Waals surface area (Å²) in [4.78, 5) is 28.9. The third kappa shape index (κ3) is 2.66. The number of pyridine rings is 1. The molecule has 0 aromatic carbocycles. The number of carbonyl (C=O) groups excluding carboxylic acids is 1.